The summed E-state index contributed by atoms with van der Waals surface area (Å²) in [6, 6.07) is 3.89. The summed E-state index contributed by atoms with van der Waals surface area (Å²) < 4.78 is 0.462. The van der Waals surface area contributed by atoms with E-state index in [1.165, 1.54) is 12.0 Å². The first-order chi connectivity index (χ1) is 12.2. The number of hydrogen-bond acceptors (Lipinski definition) is 4. The highest BCUT2D eigenvalue weighted by molar-refractivity contribution is 8.19. The third kappa shape index (κ3) is 3.94. The average molecular weight is 392 g/mol. The van der Waals surface area contributed by atoms with Gasteiger partial charge in [0.05, 0.1) is 9.49 Å². The van der Waals surface area contributed by atoms with E-state index < -0.39 is 0 Å². The van der Waals surface area contributed by atoms with Gasteiger partial charge in [0.2, 0.25) is 0 Å². The molecule has 0 aromatic heterocycles. The Morgan fingerprint density at radius 2 is 2.00 bits per heavy atom. The van der Waals surface area contributed by atoms with Crippen LogP contribution in [0.3, 0.4) is 0 Å². The van der Waals surface area contributed by atoms with Crippen LogP contribution in [0.2, 0.25) is 0 Å². The second-order valence-electron chi connectivity index (χ2n) is 8.31. The quantitative estimate of drug-likeness (QED) is 0.746. The Balaban J connectivity index is 1.73. The lowest BCUT2D eigenvalue weighted by Gasteiger charge is -2.36. The number of carbonyl (C=O) groups excluding carboxylic acids is 1. The van der Waals surface area contributed by atoms with E-state index in [0.29, 0.717) is 28.2 Å². The minimum Gasteiger partial charge on any atom is -0.507 e. The molecule has 2 unspecified atom stereocenters. The summed E-state index contributed by atoms with van der Waals surface area (Å²) in [4.78, 5) is 13.8. The Bertz CT molecular complexity index is 731. The summed E-state index contributed by atoms with van der Waals surface area (Å²) in [5.74, 6) is 0.930. The zero-order valence-electron chi connectivity index (χ0n) is 16.3. The lowest BCUT2D eigenvalue weighted by molar-refractivity contribution is -0.117. The molecule has 142 valence electrons. The van der Waals surface area contributed by atoms with E-state index in [0.717, 1.165) is 34.4 Å². The molecule has 1 aromatic carbocycles. The topological polar surface area (TPSA) is 49.3 Å². The van der Waals surface area contributed by atoms with Gasteiger partial charge < -0.3 is 10.4 Å². The predicted octanol–water partition coefficient (Wildman–Crippen LogP) is 5.14. The van der Waals surface area contributed by atoms with Crippen molar-refractivity contribution in [3.05, 3.63) is 39.3 Å². The minimum atomic E-state index is 0.0645. The van der Waals surface area contributed by atoms with E-state index in [2.05, 4.69) is 25.4 Å². The van der Waals surface area contributed by atoms with Gasteiger partial charge in [0.1, 0.15) is 5.75 Å². The molecule has 2 N–H and O–H groups in total. The van der Waals surface area contributed by atoms with E-state index in [1.807, 2.05) is 37.7 Å². The number of amides is 1. The Labute approximate surface area is 165 Å². The van der Waals surface area contributed by atoms with Gasteiger partial charge >= 0.3 is 0 Å². The monoisotopic (exact) mass is 391 g/mol. The van der Waals surface area contributed by atoms with Gasteiger partial charge in [0.15, 0.2) is 0 Å². The number of carbonyl (C=O) groups is 1. The Morgan fingerprint density at radius 3 is 2.62 bits per heavy atom. The van der Waals surface area contributed by atoms with Crippen LogP contribution in [0.4, 0.5) is 0 Å². The number of allylic oxidation sites excluding steroid dienone is 1. The molecule has 1 amide bonds. The van der Waals surface area contributed by atoms with E-state index in [4.69, 9.17) is 0 Å². The normalized spacial score (nSPS) is 24.5. The molecular weight excluding hydrogens is 362 g/mol. The Hall–Kier alpha value is -1.07. The molecule has 2 atom stereocenters. The van der Waals surface area contributed by atoms with Crippen LogP contribution in [0, 0.1) is 25.2 Å². The molecule has 1 heterocycles. The second-order valence-corrected chi connectivity index (χ2v) is 10.7. The predicted molar refractivity (Wildman–Crippen MR) is 112 cm³/mol. The molecule has 0 saturated heterocycles. The maximum absolute atomic E-state index is 12.9. The number of phenolic OH excluding ortho intramolecular Hbond substituents is 1. The maximum atomic E-state index is 12.9. The highest BCUT2D eigenvalue weighted by atomic mass is 32.2. The molecular formula is C21H29NO2S2. The summed E-state index contributed by atoms with van der Waals surface area (Å²) in [5, 5.41) is 13.0. The van der Waals surface area contributed by atoms with E-state index >= 15 is 0 Å². The first-order valence-corrected chi connectivity index (χ1v) is 11.4. The zero-order chi connectivity index (χ0) is 19.1. The summed E-state index contributed by atoms with van der Waals surface area (Å²) in [5.41, 5.74) is 4.48. The zero-order valence-corrected chi connectivity index (χ0v) is 17.9. The third-order valence-electron chi connectivity index (χ3n) is 5.59. The number of aromatic hydroxyl groups is 1. The molecule has 1 aliphatic carbocycles. The standard InChI is InChI=1S/C21H29NO2S2/c1-12-8-14(9-13(2)17(12)23)11-22-19(24)18-15-6-7-21(3,4)10-16(15)20(25-5)26-18/h8-9,16,20,23H,6-7,10-11H2,1-5H3,(H,22,24). The maximum Gasteiger partial charge on any atom is 0.257 e. The van der Waals surface area contributed by atoms with Crippen LogP contribution in [0.25, 0.3) is 0 Å². The van der Waals surface area contributed by atoms with Crippen molar-refractivity contribution in [1.82, 2.24) is 5.32 Å². The van der Waals surface area contributed by atoms with Gasteiger partial charge in [-0.2, -0.15) is 11.8 Å². The summed E-state index contributed by atoms with van der Waals surface area (Å²) in [7, 11) is 0. The molecule has 5 heteroatoms. The molecule has 26 heavy (non-hydrogen) atoms. The third-order valence-corrected chi connectivity index (χ3v) is 8.49. The fraction of sp³-hybridized carbons (Fsp3) is 0.571. The number of hydrogen-bond donors (Lipinski definition) is 2. The summed E-state index contributed by atoms with van der Waals surface area (Å²) in [6.07, 6.45) is 5.53. The van der Waals surface area contributed by atoms with Crippen molar-refractivity contribution in [2.24, 2.45) is 11.3 Å². The van der Waals surface area contributed by atoms with E-state index in [-0.39, 0.29) is 5.91 Å². The smallest absolute Gasteiger partial charge is 0.257 e. The first kappa shape index (κ1) is 19.7. The largest absolute Gasteiger partial charge is 0.507 e. The van der Waals surface area contributed by atoms with Crippen molar-refractivity contribution >= 4 is 29.4 Å². The molecule has 2 aliphatic rings. The molecule has 0 spiro atoms. The van der Waals surface area contributed by atoms with Crippen LogP contribution >= 0.6 is 23.5 Å². The van der Waals surface area contributed by atoms with Crippen molar-refractivity contribution in [1.29, 1.82) is 0 Å². The van der Waals surface area contributed by atoms with Crippen LogP contribution in [0.15, 0.2) is 22.6 Å². The second kappa shape index (κ2) is 7.51. The van der Waals surface area contributed by atoms with Crippen molar-refractivity contribution in [3.8, 4) is 5.75 Å². The molecule has 1 saturated carbocycles. The van der Waals surface area contributed by atoms with Crippen LogP contribution in [-0.4, -0.2) is 21.9 Å². The Kier molecular flexibility index (Phi) is 5.69. The fourth-order valence-electron chi connectivity index (χ4n) is 4.12. The number of benzene rings is 1. The van der Waals surface area contributed by atoms with Crippen molar-refractivity contribution in [2.45, 2.75) is 58.1 Å². The number of phenols is 1. The number of rotatable bonds is 4. The molecule has 3 rings (SSSR count). The number of thioether (sulfide) groups is 2. The highest BCUT2D eigenvalue weighted by Crippen LogP contribution is 2.56. The summed E-state index contributed by atoms with van der Waals surface area (Å²) >= 11 is 3.63. The first-order valence-electron chi connectivity index (χ1n) is 9.21. The molecule has 3 nitrogen and oxygen atoms in total. The number of nitrogens with one attached hydrogen (secondary N) is 1. The number of fused-ring (bicyclic) bond motifs is 1. The van der Waals surface area contributed by atoms with Crippen LogP contribution < -0.4 is 5.32 Å². The van der Waals surface area contributed by atoms with E-state index in [1.54, 1.807) is 11.8 Å². The van der Waals surface area contributed by atoms with Crippen molar-refractivity contribution in [3.63, 3.8) is 0 Å². The van der Waals surface area contributed by atoms with Gasteiger partial charge in [-0.25, -0.2) is 0 Å². The SMILES string of the molecule is CSC1SC(C(=O)NCc2cc(C)c(O)c(C)c2)=C2CCC(C)(C)CC21. The highest BCUT2D eigenvalue weighted by Gasteiger charge is 2.43. The Morgan fingerprint density at radius 1 is 1.35 bits per heavy atom. The van der Waals surface area contributed by atoms with Gasteiger partial charge in [-0.3, -0.25) is 4.79 Å². The van der Waals surface area contributed by atoms with E-state index in [9.17, 15) is 9.90 Å². The van der Waals surface area contributed by atoms with Gasteiger partial charge in [-0.05, 0) is 67.0 Å². The van der Waals surface area contributed by atoms with Crippen LogP contribution in [0.1, 0.15) is 49.8 Å². The van der Waals surface area contributed by atoms with Gasteiger partial charge in [0, 0.05) is 12.5 Å². The van der Waals surface area contributed by atoms with Gasteiger partial charge in [-0.15, -0.1) is 11.8 Å². The molecule has 0 bridgehead atoms. The fourth-order valence-corrected chi connectivity index (χ4v) is 6.62. The van der Waals surface area contributed by atoms with Gasteiger partial charge in [0.25, 0.3) is 5.91 Å². The lowest BCUT2D eigenvalue weighted by atomic mass is 9.70. The molecule has 1 fully saturated rings. The van der Waals surface area contributed by atoms with Gasteiger partial charge in [-0.1, -0.05) is 26.0 Å². The molecule has 1 aliphatic heterocycles. The molecule has 0 radical (unpaired) electrons. The minimum absolute atomic E-state index is 0.0645. The average Bonchev–Trinajstić information content (AvgIpc) is 2.94. The van der Waals surface area contributed by atoms with Crippen molar-refractivity contribution < 1.29 is 9.90 Å². The molecule has 1 aromatic rings. The lowest BCUT2D eigenvalue weighted by Crippen LogP contribution is -2.28. The van der Waals surface area contributed by atoms with Crippen LogP contribution in [0.5, 0.6) is 5.75 Å². The van der Waals surface area contributed by atoms with Crippen molar-refractivity contribution in [2.75, 3.05) is 6.26 Å². The number of aryl methyl sites for hydroxylation is 2. The summed E-state index contributed by atoms with van der Waals surface area (Å²) in [6.45, 7) is 8.97. The van der Waals surface area contributed by atoms with Crippen LogP contribution in [-0.2, 0) is 11.3 Å².